The molecule has 0 aliphatic carbocycles. The van der Waals surface area contributed by atoms with Crippen molar-refractivity contribution in [2.75, 3.05) is 12.8 Å². The van der Waals surface area contributed by atoms with Crippen molar-refractivity contribution in [3.05, 3.63) is 23.3 Å². The van der Waals surface area contributed by atoms with Crippen molar-refractivity contribution in [3.8, 4) is 5.75 Å². The molecule has 0 unspecified atom stereocenters. The van der Waals surface area contributed by atoms with Crippen LogP contribution in [0, 0.1) is 11.6 Å². The Balaban J connectivity index is 3.53. The molecule has 0 aliphatic heterocycles. The van der Waals surface area contributed by atoms with Gasteiger partial charge in [0.1, 0.15) is 5.75 Å². The summed E-state index contributed by atoms with van der Waals surface area (Å²) in [5.41, 5.74) is 4.36. The summed E-state index contributed by atoms with van der Waals surface area (Å²) in [6, 6.07) is 1.08. The standard InChI is InChI=1S/C9H9F2NO2/c1-4(13)7-6(14-2)3-5(12)8(10)9(7)11/h3H,12H2,1-2H3. The molecular weight excluding hydrogens is 192 g/mol. The third-order valence-corrected chi connectivity index (χ3v) is 1.77. The molecule has 0 amide bonds. The molecule has 2 N–H and O–H groups in total. The number of nitrogen functional groups attached to an aromatic ring is 1. The van der Waals surface area contributed by atoms with Crippen molar-refractivity contribution in [1.29, 1.82) is 0 Å². The molecule has 0 aromatic heterocycles. The maximum absolute atomic E-state index is 13.2. The van der Waals surface area contributed by atoms with Crippen LogP contribution < -0.4 is 10.5 Å². The van der Waals surface area contributed by atoms with Crippen LogP contribution in [0.5, 0.6) is 5.75 Å². The smallest absolute Gasteiger partial charge is 0.182 e. The summed E-state index contributed by atoms with van der Waals surface area (Å²) < 4.78 is 30.9. The molecule has 5 heteroatoms. The SMILES string of the molecule is COc1cc(N)c(F)c(F)c1C(C)=O. The monoisotopic (exact) mass is 201 g/mol. The maximum atomic E-state index is 13.2. The highest BCUT2D eigenvalue weighted by molar-refractivity contribution is 5.97. The Morgan fingerprint density at radius 2 is 2.00 bits per heavy atom. The number of Topliss-reactive ketones (excluding diaryl/α,β-unsaturated/α-hetero) is 1. The predicted molar refractivity (Wildman–Crippen MR) is 47.3 cm³/mol. The highest BCUT2D eigenvalue weighted by Crippen LogP contribution is 2.28. The van der Waals surface area contributed by atoms with Crippen molar-refractivity contribution in [2.24, 2.45) is 0 Å². The number of carbonyl (C=O) groups is 1. The van der Waals surface area contributed by atoms with E-state index in [0.29, 0.717) is 0 Å². The van der Waals surface area contributed by atoms with Gasteiger partial charge in [0.15, 0.2) is 17.4 Å². The Morgan fingerprint density at radius 3 is 2.43 bits per heavy atom. The zero-order chi connectivity index (χ0) is 10.9. The average molecular weight is 201 g/mol. The summed E-state index contributed by atoms with van der Waals surface area (Å²) in [4.78, 5) is 11.0. The first kappa shape index (κ1) is 10.4. The highest BCUT2D eigenvalue weighted by Gasteiger charge is 2.20. The summed E-state index contributed by atoms with van der Waals surface area (Å²) in [5.74, 6) is -3.17. The largest absolute Gasteiger partial charge is 0.496 e. The van der Waals surface area contributed by atoms with E-state index in [1.807, 2.05) is 0 Å². The number of ether oxygens (including phenoxy) is 1. The van der Waals surface area contributed by atoms with Crippen LogP contribution in [0.2, 0.25) is 0 Å². The fraction of sp³-hybridized carbons (Fsp3) is 0.222. The predicted octanol–water partition coefficient (Wildman–Crippen LogP) is 1.76. The van der Waals surface area contributed by atoms with E-state index in [4.69, 9.17) is 10.5 Å². The first-order valence-electron chi connectivity index (χ1n) is 3.81. The second-order valence-corrected chi connectivity index (χ2v) is 2.73. The van der Waals surface area contributed by atoms with Gasteiger partial charge in [-0.1, -0.05) is 0 Å². The van der Waals surface area contributed by atoms with Crippen LogP contribution >= 0.6 is 0 Å². The fourth-order valence-electron chi connectivity index (χ4n) is 1.11. The van der Waals surface area contributed by atoms with Gasteiger partial charge in [-0.2, -0.15) is 0 Å². The lowest BCUT2D eigenvalue weighted by molar-refractivity contribution is 0.101. The molecule has 3 nitrogen and oxygen atoms in total. The molecule has 0 atom stereocenters. The van der Waals surface area contributed by atoms with Crippen LogP contribution in [0.1, 0.15) is 17.3 Å². The number of hydrogen-bond acceptors (Lipinski definition) is 3. The number of anilines is 1. The van der Waals surface area contributed by atoms with Gasteiger partial charge in [0.2, 0.25) is 0 Å². The number of halogens is 2. The highest BCUT2D eigenvalue weighted by atomic mass is 19.2. The van der Waals surface area contributed by atoms with Crippen molar-refractivity contribution in [3.63, 3.8) is 0 Å². The second-order valence-electron chi connectivity index (χ2n) is 2.73. The second kappa shape index (κ2) is 3.61. The minimum atomic E-state index is -1.27. The first-order valence-corrected chi connectivity index (χ1v) is 3.81. The molecule has 1 rings (SSSR count). The molecule has 1 aromatic rings. The Kier molecular flexibility index (Phi) is 2.69. The molecule has 76 valence electrons. The lowest BCUT2D eigenvalue weighted by Gasteiger charge is -2.08. The maximum Gasteiger partial charge on any atom is 0.182 e. The molecule has 0 heterocycles. The van der Waals surface area contributed by atoms with Crippen LogP contribution in [0.4, 0.5) is 14.5 Å². The summed E-state index contributed by atoms with van der Waals surface area (Å²) in [6.45, 7) is 1.12. The molecular formula is C9H9F2NO2. The lowest BCUT2D eigenvalue weighted by Crippen LogP contribution is -2.06. The summed E-state index contributed by atoms with van der Waals surface area (Å²) in [7, 11) is 1.25. The van der Waals surface area contributed by atoms with E-state index in [1.165, 1.54) is 7.11 Å². The number of benzene rings is 1. The van der Waals surface area contributed by atoms with Crippen molar-refractivity contribution in [2.45, 2.75) is 6.92 Å². The minimum Gasteiger partial charge on any atom is -0.496 e. The number of nitrogens with two attached hydrogens (primary N) is 1. The zero-order valence-electron chi connectivity index (χ0n) is 7.73. The molecule has 0 saturated carbocycles. The van der Waals surface area contributed by atoms with E-state index in [2.05, 4.69) is 0 Å². The molecule has 0 aliphatic rings. The van der Waals surface area contributed by atoms with Gasteiger partial charge in [-0.25, -0.2) is 8.78 Å². The molecule has 0 bridgehead atoms. The Morgan fingerprint density at radius 1 is 1.43 bits per heavy atom. The van der Waals surface area contributed by atoms with E-state index in [1.54, 1.807) is 0 Å². The lowest BCUT2D eigenvalue weighted by atomic mass is 10.1. The van der Waals surface area contributed by atoms with Gasteiger partial charge in [-0.15, -0.1) is 0 Å². The molecule has 14 heavy (non-hydrogen) atoms. The number of hydrogen-bond donors (Lipinski definition) is 1. The van der Waals surface area contributed by atoms with Crippen LogP contribution in [0.25, 0.3) is 0 Å². The number of carbonyl (C=O) groups excluding carboxylic acids is 1. The van der Waals surface area contributed by atoms with Crippen LogP contribution in [-0.2, 0) is 0 Å². The Hall–Kier alpha value is -1.65. The van der Waals surface area contributed by atoms with E-state index >= 15 is 0 Å². The van der Waals surface area contributed by atoms with Gasteiger partial charge in [0.25, 0.3) is 0 Å². The average Bonchev–Trinajstić information content (AvgIpc) is 2.12. The minimum absolute atomic E-state index is 0.0612. The van der Waals surface area contributed by atoms with E-state index in [9.17, 15) is 13.6 Å². The summed E-state index contributed by atoms with van der Waals surface area (Å²) >= 11 is 0. The summed E-state index contributed by atoms with van der Waals surface area (Å²) in [5, 5.41) is 0. The van der Waals surface area contributed by atoms with E-state index in [-0.39, 0.29) is 11.4 Å². The van der Waals surface area contributed by atoms with Crippen LogP contribution in [0.3, 0.4) is 0 Å². The van der Waals surface area contributed by atoms with Gasteiger partial charge in [-0.05, 0) is 6.92 Å². The molecule has 1 aromatic carbocycles. The van der Waals surface area contributed by atoms with Gasteiger partial charge in [0.05, 0.1) is 18.4 Å². The first-order chi connectivity index (χ1) is 6.49. The number of ketones is 1. The van der Waals surface area contributed by atoms with Crippen molar-refractivity contribution < 1.29 is 18.3 Å². The van der Waals surface area contributed by atoms with Gasteiger partial charge in [0, 0.05) is 6.07 Å². The van der Waals surface area contributed by atoms with Gasteiger partial charge < -0.3 is 10.5 Å². The number of methoxy groups -OCH3 is 1. The van der Waals surface area contributed by atoms with E-state index < -0.39 is 23.0 Å². The van der Waals surface area contributed by atoms with Gasteiger partial charge in [-0.3, -0.25) is 4.79 Å². The fourth-order valence-corrected chi connectivity index (χ4v) is 1.11. The topological polar surface area (TPSA) is 52.3 Å². The Bertz CT molecular complexity index is 391. The summed E-state index contributed by atoms with van der Waals surface area (Å²) in [6.07, 6.45) is 0. The molecule has 0 radical (unpaired) electrons. The number of rotatable bonds is 2. The Labute approximate surface area is 79.5 Å². The molecule has 0 spiro atoms. The van der Waals surface area contributed by atoms with Crippen LogP contribution in [0.15, 0.2) is 6.07 Å². The normalized spacial score (nSPS) is 10.0. The van der Waals surface area contributed by atoms with Crippen molar-refractivity contribution in [1.82, 2.24) is 0 Å². The van der Waals surface area contributed by atoms with E-state index in [0.717, 1.165) is 13.0 Å². The van der Waals surface area contributed by atoms with Crippen molar-refractivity contribution >= 4 is 11.5 Å². The van der Waals surface area contributed by atoms with Crippen LogP contribution in [-0.4, -0.2) is 12.9 Å². The molecule has 0 fully saturated rings. The molecule has 0 saturated heterocycles. The third-order valence-electron chi connectivity index (χ3n) is 1.77. The quantitative estimate of drug-likeness (QED) is 0.585. The zero-order valence-corrected chi connectivity index (χ0v) is 7.73. The third kappa shape index (κ3) is 1.53. The van der Waals surface area contributed by atoms with Gasteiger partial charge >= 0.3 is 0 Å².